The molecule has 3 heteroatoms. The first-order chi connectivity index (χ1) is 10.8. The maximum atomic E-state index is 11.3. The minimum Gasteiger partial charge on any atom is -0.388 e. The van der Waals surface area contributed by atoms with Gasteiger partial charge in [0, 0.05) is 12.2 Å². The summed E-state index contributed by atoms with van der Waals surface area (Å²) in [5.74, 6) is 0.207. The predicted molar refractivity (Wildman–Crippen MR) is 92.8 cm³/mol. The van der Waals surface area contributed by atoms with E-state index in [1.54, 1.807) is 6.08 Å². The van der Waals surface area contributed by atoms with Crippen molar-refractivity contribution in [2.45, 2.75) is 64.2 Å². The topological polar surface area (TPSA) is 32.3 Å². The Morgan fingerprint density at radius 2 is 1.68 bits per heavy atom. The highest BCUT2D eigenvalue weighted by Crippen LogP contribution is 2.11. The average molecular weight is 304 g/mol. The van der Waals surface area contributed by atoms with Gasteiger partial charge in [0.2, 0.25) is 0 Å². The maximum absolute atomic E-state index is 11.3. The zero-order chi connectivity index (χ0) is 15.5. The Morgan fingerprint density at radius 1 is 0.955 bits per heavy atom. The van der Waals surface area contributed by atoms with Gasteiger partial charge in [-0.3, -0.25) is 4.79 Å². The van der Waals surface area contributed by atoms with Crippen LogP contribution in [0.4, 0.5) is 0 Å². The molecule has 2 aliphatic rings. The molecule has 0 aromatic heterocycles. The number of likely N-dealkylation sites (tertiary alicyclic amines) is 1. The molecular weight excluding hydrogens is 272 g/mol. The second-order valence-electron chi connectivity index (χ2n) is 6.64. The lowest BCUT2D eigenvalue weighted by atomic mass is 10.1. The highest BCUT2D eigenvalue weighted by atomic mass is 16.1. The van der Waals surface area contributed by atoms with Crippen LogP contribution in [0.2, 0.25) is 0 Å². The van der Waals surface area contributed by atoms with Crippen molar-refractivity contribution >= 4 is 5.78 Å². The second-order valence-corrected chi connectivity index (χ2v) is 6.64. The van der Waals surface area contributed by atoms with Gasteiger partial charge >= 0.3 is 0 Å². The lowest BCUT2D eigenvalue weighted by molar-refractivity contribution is -0.114. The minimum absolute atomic E-state index is 0.207. The van der Waals surface area contributed by atoms with E-state index in [1.165, 1.54) is 77.4 Å². The number of carbonyl (C=O) groups is 1. The first kappa shape index (κ1) is 17.3. The number of piperidine rings is 1. The molecule has 0 unspecified atom stereocenters. The van der Waals surface area contributed by atoms with Gasteiger partial charge in [0.25, 0.3) is 0 Å². The van der Waals surface area contributed by atoms with Crippen LogP contribution >= 0.6 is 0 Å². The van der Waals surface area contributed by atoms with Crippen LogP contribution in [0.15, 0.2) is 23.9 Å². The fourth-order valence-electron chi connectivity index (χ4n) is 3.30. The first-order valence-electron chi connectivity index (χ1n) is 9.21. The fraction of sp³-hybridized carbons (Fsp3) is 0.737. The molecule has 22 heavy (non-hydrogen) atoms. The van der Waals surface area contributed by atoms with Crippen molar-refractivity contribution in [1.82, 2.24) is 10.2 Å². The minimum atomic E-state index is 0.207. The lowest BCUT2D eigenvalue weighted by Crippen LogP contribution is -2.30. The summed E-state index contributed by atoms with van der Waals surface area (Å²) in [6.07, 6.45) is 18.3. The van der Waals surface area contributed by atoms with Crippen molar-refractivity contribution < 1.29 is 4.79 Å². The van der Waals surface area contributed by atoms with Crippen LogP contribution in [0.5, 0.6) is 0 Å². The Balaban J connectivity index is 1.36. The summed E-state index contributed by atoms with van der Waals surface area (Å²) in [4.78, 5) is 13.9. The van der Waals surface area contributed by atoms with E-state index in [0.29, 0.717) is 6.42 Å². The van der Waals surface area contributed by atoms with E-state index < -0.39 is 0 Å². The number of unbranched alkanes of at least 4 members (excludes halogenated alkanes) is 5. The number of carbonyl (C=O) groups excluding carboxylic acids is 1. The number of allylic oxidation sites excluding steroid dienone is 4. The first-order valence-corrected chi connectivity index (χ1v) is 9.21. The Hall–Kier alpha value is -1.09. The predicted octanol–water partition coefficient (Wildman–Crippen LogP) is 3.82. The van der Waals surface area contributed by atoms with E-state index in [0.717, 1.165) is 12.2 Å². The van der Waals surface area contributed by atoms with Crippen LogP contribution in [-0.2, 0) is 4.79 Å². The molecular formula is C19H32N2O. The van der Waals surface area contributed by atoms with Crippen molar-refractivity contribution in [3.8, 4) is 0 Å². The summed E-state index contributed by atoms with van der Waals surface area (Å²) in [6, 6.07) is 0. The molecule has 1 saturated heterocycles. The van der Waals surface area contributed by atoms with Crippen molar-refractivity contribution in [2.75, 3.05) is 26.2 Å². The van der Waals surface area contributed by atoms with Crippen molar-refractivity contribution in [1.29, 1.82) is 0 Å². The van der Waals surface area contributed by atoms with E-state index in [2.05, 4.69) is 10.2 Å². The van der Waals surface area contributed by atoms with Crippen LogP contribution in [0.3, 0.4) is 0 Å². The molecule has 2 rings (SSSR count). The fourth-order valence-corrected chi connectivity index (χ4v) is 3.30. The molecule has 1 aliphatic heterocycles. The normalized spacial score (nSPS) is 19.3. The van der Waals surface area contributed by atoms with Crippen LogP contribution in [0, 0.1) is 0 Å². The second kappa shape index (κ2) is 10.6. The molecule has 3 nitrogen and oxygen atoms in total. The van der Waals surface area contributed by atoms with E-state index >= 15 is 0 Å². The van der Waals surface area contributed by atoms with Gasteiger partial charge in [0.05, 0.1) is 6.42 Å². The van der Waals surface area contributed by atoms with Crippen LogP contribution in [-0.4, -0.2) is 36.9 Å². The largest absolute Gasteiger partial charge is 0.388 e. The van der Waals surface area contributed by atoms with Crippen molar-refractivity contribution in [3.05, 3.63) is 23.9 Å². The van der Waals surface area contributed by atoms with E-state index in [1.807, 2.05) is 12.2 Å². The quantitative estimate of drug-likeness (QED) is 0.623. The standard InChI is InChI=1S/C19H32N2O/c22-19-12-10-11-18(17-19)20-13-6-3-1-2-4-7-14-21-15-8-5-9-16-21/h10-12,20H,1-9,13-17H2. The van der Waals surface area contributed by atoms with E-state index in [4.69, 9.17) is 0 Å². The van der Waals surface area contributed by atoms with Gasteiger partial charge in [0.15, 0.2) is 5.78 Å². The monoisotopic (exact) mass is 304 g/mol. The Kier molecular flexibility index (Phi) is 8.32. The summed E-state index contributed by atoms with van der Waals surface area (Å²) in [5.41, 5.74) is 1.08. The number of nitrogens with zero attached hydrogens (tertiary/aromatic N) is 1. The summed E-state index contributed by atoms with van der Waals surface area (Å²) in [6.45, 7) is 4.98. The number of hydrogen-bond donors (Lipinski definition) is 1. The zero-order valence-corrected chi connectivity index (χ0v) is 14.0. The number of hydrogen-bond acceptors (Lipinski definition) is 3. The number of ketones is 1. The van der Waals surface area contributed by atoms with Gasteiger partial charge < -0.3 is 10.2 Å². The van der Waals surface area contributed by atoms with Gasteiger partial charge in [0.1, 0.15) is 0 Å². The smallest absolute Gasteiger partial charge is 0.161 e. The lowest BCUT2D eigenvalue weighted by Gasteiger charge is -2.26. The zero-order valence-electron chi connectivity index (χ0n) is 14.0. The molecule has 1 heterocycles. The third kappa shape index (κ3) is 7.26. The van der Waals surface area contributed by atoms with E-state index in [-0.39, 0.29) is 5.78 Å². The number of rotatable bonds is 10. The molecule has 0 saturated carbocycles. The molecule has 1 aliphatic carbocycles. The SMILES string of the molecule is O=C1C=CC=C(NCCCCCCCCN2CCCCC2)C1. The molecule has 1 fully saturated rings. The summed E-state index contributed by atoms with van der Waals surface area (Å²) in [5, 5.41) is 3.38. The molecule has 0 atom stereocenters. The van der Waals surface area contributed by atoms with Crippen LogP contribution < -0.4 is 5.32 Å². The van der Waals surface area contributed by atoms with Gasteiger partial charge in [-0.2, -0.15) is 0 Å². The molecule has 0 amide bonds. The van der Waals surface area contributed by atoms with E-state index in [9.17, 15) is 4.79 Å². The summed E-state index contributed by atoms with van der Waals surface area (Å²) >= 11 is 0. The van der Waals surface area contributed by atoms with Gasteiger partial charge in [-0.1, -0.05) is 38.2 Å². The number of nitrogens with one attached hydrogen (secondary N) is 1. The summed E-state index contributed by atoms with van der Waals surface area (Å²) < 4.78 is 0. The van der Waals surface area contributed by atoms with Crippen molar-refractivity contribution in [2.24, 2.45) is 0 Å². The van der Waals surface area contributed by atoms with Gasteiger partial charge in [-0.25, -0.2) is 0 Å². The average Bonchev–Trinajstić information content (AvgIpc) is 2.54. The Labute approximate surface area is 135 Å². The molecule has 124 valence electrons. The van der Waals surface area contributed by atoms with Crippen LogP contribution in [0.1, 0.15) is 64.2 Å². The highest BCUT2D eigenvalue weighted by molar-refractivity contribution is 5.92. The maximum Gasteiger partial charge on any atom is 0.161 e. The molecule has 0 radical (unpaired) electrons. The molecule has 0 spiro atoms. The molecule has 1 N–H and O–H groups in total. The van der Waals surface area contributed by atoms with Gasteiger partial charge in [-0.15, -0.1) is 0 Å². The molecule has 0 bridgehead atoms. The third-order valence-electron chi connectivity index (χ3n) is 4.65. The molecule has 0 aromatic carbocycles. The summed E-state index contributed by atoms with van der Waals surface area (Å²) in [7, 11) is 0. The van der Waals surface area contributed by atoms with Gasteiger partial charge in [-0.05, 0) is 57.5 Å². The molecule has 0 aromatic rings. The van der Waals surface area contributed by atoms with Crippen LogP contribution in [0.25, 0.3) is 0 Å². The third-order valence-corrected chi connectivity index (χ3v) is 4.65. The Morgan fingerprint density at radius 3 is 2.45 bits per heavy atom. The Bertz CT molecular complexity index is 381. The highest BCUT2D eigenvalue weighted by Gasteiger charge is 2.08. The van der Waals surface area contributed by atoms with Crippen molar-refractivity contribution in [3.63, 3.8) is 0 Å².